The summed E-state index contributed by atoms with van der Waals surface area (Å²) in [6.07, 6.45) is 2.86. The van der Waals surface area contributed by atoms with Crippen molar-refractivity contribution in [3.05, 3.63) is 62.5 Å². The van der Waals surface area contributed by atoms with Crippen molar-refractivity contribution in [2.75, 3.05) is 25.6 Å². The van der Waals surface area contributed by atoms with Gasteiger partial charge in [0.1, 0.15) is 11.4 Å². The van der Waals surface area contributed by atoms with Crippen LogP contribution in [0, 0.1) is 24.0 Å². The number of nitro benzene ring substituents is 1. The second-order valence-corrected chi connectivity index (χ2v) is 6.44. The standard InChI is InChI=1S/C20H23N3O5/c1-6-28-20(25)19-12(2)18(13(3)21-19)17(24)10-8-14-7-9-15(22(4)5)16(11-14)23(26)27/h7-11,21H,6H2,1-5H3. The van der Waals surface area contributed by atoms with E-state index in [1.165, 1.54) is 18.2 Å². The first-order valence-electron chi connectivity index (χ1n) is 8.71. The number of aryl methyl sites for hydroxylation is 1. The fourth-order valence-electron chi connectivity index (χ4n) is 2.95. The number of ether oxygens (including phenoxy) is 1. The number of nitrogens with one attached hydrogen (secondary N) is 1. The summed E-state index contributed by atoms with van der Waals surface area (Å²) in [6.45, 7) is 5.32. The topological polar surface area (TPSA) is 106 Å². The lowest BCUT2D eigenvalue weighted by Gasteiger charge is -2.12. The van der Waals surface area contributed by atoms with Gasteiger partial charge < -0.3 is 14.6 Å². The fourth-order valence-corrected chi connectivity index (χ4v) is 2.95. The maximum atomic E-state index is 12.6. The van der Waals surface area contributed by atoms with E-state index in [0.717, 1.165) is 0 Å². The molecule has 8 nitrogen and oxygen atoms in total. The van der Waals surface area contributed by atoms with Crippen molar-refractivity contribution in [1.29, 1.82) is 0 Å². The molecule has 2 aromatic rings. The molecule has 0 aliphatic carbocycles. The van der Waals surface area contributed by atoms with Crippen LogP contribution in [0.15, 0.2) is 24.3 Å². The number of hydrogen-bond acceptors (Lipinski definition) is 6. The second-order valence-electron chi connectivity index (χ2n) is 6.44. The number of anilines is 1. The van der Waals surface area contributed by atoms with E-state index in [2.05, 4.69) is 4.98 Å². The van der Waals surface area contributed by atoms with Crippen LogP contribution in [0.2, 0.25) is 0 Å². The molecule has 2 rings (SSSR count). The lowest BCUT2D eigenvalue weighted by molar-refractivity contribution is -0.384. The minimum atomic E-state index is -0.513. The fraction of sp³-hybridized carbons (Fsp3) is 0.300. The zero-order valence-corrected chi connectivity index (χ0v) is 16.5. The summed E-state index contributed by atoms with van der Waals surface area (Å²) in [5.41, 5.74) is 2.68. The molecule has 28 heavy (non-hydrogen) atoms. The van der Waals surface area contributed by atoms with E-state index < -0.39 is 10.9 Å². The summed E-state index contributed by atoms with van der Waals surface area (Å²) in [6, 6.07) is 4.75. The Bertz CT molecular complexity index is 957. The van der Waals surface area contributed by atoms with Crippen LogP contribution in [0.4, 0.5) is 11.4 Å². The first kappa shape index (κ1) is 20.9. The van der Waals surface area contributed by atoms with Gasteiger partial charge in [-0.15, -0.1) is 0 Å². The number of aromatic nitrogens is 1. The van der Waals surface area contributed by atoms with E-state index >= 15 is 0 Å². The Labute approximate surface area is 163 Å². The maximum Gasteiger partial charge on any atom is 0.355 e. The van der Waals surface area contributed by atoms with Crippen LogP contribution in [0.1, 0.15) is 44.6 Å². The SMILES string of the molecule is CCOC(=O)c1[nH]c(C)c(C(=O)C=Cc2ccc(N(C)C)c([N+](=O)[O-])c2)c1C. The molecule has 1 aromatic carbocycles. The number of hydrogen-bond donors (Lipinski definition) is 1. The average Bonchev–Trinajstić information content (AvgIpc) is 2.94. The third-order valence-corrected chi connectivity index (χ3v) is 4.27. The number of aromatic amines is 1. The second kappa shape index (κ2) is 8.51. The van der Waals surface area contributed by atoms with Crippen molar-refractivity contribution in [3.63, 3.8) is 0 Å². The molecule has 8 heteroatoms. The molecule has 148 valence electrons. The van der Waals surface area contributed by atoms with Crippen molar-refractivity contribution < 1.29 is 19.2 Å². The number of rotatable bonds is 7. The molecular formula is C20H23N3O5. The summed E-state index contributed by atoms with van der Waals surface area (Å²) in [7, 11) is 3.44. The van der Waals surface area contributed by atoms with Gasteiger partial charge in [0, 0.05) is 31.4 Å². The number of benzene rings is 1. The summed E-state index contributed by atoms with van der Waals surface area (Å²) in [4.78, 5) is 40.0. The Morgan fingerprint density at radius 3 is 2.54 bits per heavy atom. The molecule has 0 aliphatic rings. The molecule has 0 saturated heterocycles. The lowest BCUT2D eigenvalue weighted by atomic mass is 10.0. The quantitative estimate of drug-likeness (QED) is 0.256. The van der Waals surface area contributed by atoms with Gasteiger partial charge >= 0.3 is 5.97 Å². The van der Waals surface area contributed by atoms with Gasteiger partial charge in [-0.1, -0.05) is 12.1 Å². The molecule has 1 aromatic heterocycles. The van der Waals surface area contributed by atoms with E-state index in [9.17, 15) is 19.7 Å². The first-order chi connectivity index (χ1) is 13.2. The predicted octanol–water partition coefficient (Wildman–Crippen LogP) is 3.68. The molecule has 0 atom stereocenters. The first-order valence-corrected chi connectivity index (χ1v) is 8.71. The van der Waals surface area contributed by atoms with Gasteiger partial charge in [0.15, 0.2) is 5.78 Å². The summed E-state index contributed by atoms with van der Waals surface area (Å²) >= 11 is 0. The monoisotopic (exact) mass is 385 g/mol. The Balaban J connectivity index is 2.33. The van der Waals surface area contributed by atoms with E-state index in [0.29, 0.717) is 28.1 Å². The number of allylic oxidation sites excluding steroid dienone is 1. The molecule has 0 bridgehead atoms. The van der Waals surface area contributed by atoms with Crippen molar-refractivity contribution in [2.24, 2.45) is 0 Å². The summed E-state index contributed by atoms with van der Waals surface area (Å²) in [5.74, 6) is -0.817. The van der Waals surface area contributed by atoms with Crippen LogP contribution in [-0.2, 0) is 4.74 Å². The van der Waals surface area contributed by atoms with Gasteiger partial charge in [-0.3, -0.25) is 14.9 Å². The number of carbonyl (C=O) groups is 2. The largest absolute Gasteiger partial charge is 0.461 e. The van der Waals surface area contributed by atoms with Crippen molar-refractivity contribution in [2.45, 2.75) is 20.8 Å². The van der Waals surface area contributed by atoms with E-state index in [4.69, 9.17) is 4.74 Å². The van der Waals surface area contributed by atoms with Crippen LogP contribution in [0.3, 0.4) is 0 Å². The predicted molar refractivity (Wildman–Crippen MR) is 107 cm³/mol. The highest BCUT2D eigenvalue weighted by Crippen LogP contribution is 2.28. The molecule has 0 spiro atoms. The Morgan fingerprint density at radius 2 is 1.96 bits per heavy atom. The molecule has 0 aliphatic heterocycles. The molecule has 1 heterocycles. The number of H-pyrrole nitrogens is 1. The molecule has 0 amide bonds. The molecule has 1 N–H and O–H groups in total. The van der Waals surface area contributed by atoms with E-state index in [1.54, 1.807) is 51.9 Å². The highest BCUT2D eigenvalue weighted by Gasteiger charge is 2.21. The molecular weight excluding hydrogens is 362 g/mol. The van der Waals surface area contributed by atoms with Gasteiger partial charge in [0.05, 0.1) is 11.5 Å². The number of esters is 1. The van der Waals surface area contributed by atoms with Crippen LogP contribution in [0.5, 0.6) is 0 Å². The van der Waals surface area contributed by atoms with E-state index in [1.807, 2.05) is 0 Å². The molecule has 0 fully saturated rings. The number of carbonyl (C=O) groups excluding carboxylic acids is 2. The highest BCUT2D eigenvalue weighted by atomic mass is 16.6. The van der Waals surface area contributed by atoms with Gasteiger partial charge in [-0.25, -0.2) is 4.79 Å². The Morgan fingerprint density at radius 1 is 1.29 bits per heavy atom. The zero-order chi connectivity index (χ0) is 21.0. The molecule has 0 unspecified atom stereocenters. The van der Waals surface area contributed by atoms with Crippen molar-refractivity contribution in [3.8, 4) is 0 Å². The third kappa shape index (κ3) is 4.28. The van der Waals surface area contributed by atoms with Crippen molar-refractivity contribution >= 4 is 29.2 Å². The third-order valence-electron chi connectivity index (χ3n) is 4.27. The van der Waals surface area contributed by atoms with E-state index in [-0.39, 0.29) is 23.8 Å². The van der Waals surface area contributed by atoms with Gasteiger partial charge in [-0.2, -0.15) is 0 Å². The lowest BCUT2D eigenvalue weighted by Crippen LogP contribution is -2.11. The van der Waals surface area contributed by atoms with Gasteiger partial charge in [0.25, 0.3) is 5.69 Å². The van der Waals surface area contributed by atoms with Gasteiger partial charge in [-0.05, 0) is 44.0 Å². The maximum absolute atomic E-state index is 12.6. The Hall–Kier alpha value is -3.42. The number of nitrogens with zero attached hydrogens (tertiary/aromatic N) is 2. The number of nitro groups is 1. The van der Waals surface area contributed by atoms with Crippen LogP contribution in [-0.4, -0.2) is 42.4 Å². The zero-order valence-electron chi connectivity index (χ0n) is 16.5. The van der Waals surface area contributed by atoms with Crippen molar-refractivity contribution in [1.82, 2.24) is 4.98 Å². The van der Waals surface area contributed by atoms with Gasteiger partial charge in [0.2, 0.25) is 0 Å². The summed E-state index contributed by atoms with van der Waals surface area (Å²) < 4.78 is 4.98. The smallest absolute Gasteiger partial charge is 0.355 e. The molecule has 0 saturated carbocycles. The average molecular weight is 385 g/mol. The number of ketones is 1. The normalized spacial score (nSPS) is 10.9. The van der Waals surface area contributed by atoms with Crippen LogP contribution in [0.25, 0.3) is 6.08 Å². The molecule has 0 radical (unpaired) electrons. The Kier molecular flexibility index (Phi) is 6.35. The minimum Gasteiger partial charge on any atom is -0.461 e. The summed E-state index contributed by atoms with van der Waals surface area (Å²) in [5, 5.41) is 11.3. The minimum absolute atomic E-state index is 0.0433. The highest BCUT2D eigenvalue weighted by molar-refractivity contribution is 6.10. The van der Waals surface area contributed by atoms with Crippen LogP contribution < -0.4 is 4.90 Å². The van der Waals surface area contributed by atoms with Crippen LogP contribution >= 0.6 is 0 Å².